The Morgan fingerprint density at radius 1 is 1.00 bits per heavy atom. The summed E-state index contributed by atoms with van der Waals surface area (Å²) in [5.74, 6) is 0. The topological polar surface area (TPSA) is 18.5 Å². The Hall–Kier alpha value is -0.00818. The zero-order valence-corrected chi connectivity index (χ0v) is 12.4. The van der Waals surface area contributed by atoms with Crippen LogP contribution in [-0.2, 0) is 9.16 Å². The third-order valence-electron chi connectivity index (χ3n) is 3.09. The fraction of sp³-hybridized carbons (Fsp3) is 1.00. The number of rotatable bonds is 7. The molecule has 0 atom stereocenters. The maximum absolute atomic E-state index is 11.9. The predicted octanol–water partition coefficient (Wildman–Crippen LogP) is 3.87. The van der Waals surface area contributed by atoms with Gasteiger partial charge in [0.2, 0.25) is 0 Å². The lowest BCUT2D eigenvalue weighted by atomic mass is 9.87. The van der Waals surface area contributed by atoms with Gasteiger partial charge in [-0.15, -0.1) is 0 Å². The van der Waals surface area contributed by atoms with Crippen molar-refractivity contribution < 1.29 is 22.1 Å². The van der Waals surface area contributed by atoms with Crippen molar-refractivity contribution in [3.05, 3.63) is 0 Å². The van der Waals surface area contributed by atoms with Crippen molar-refractivity contribution in [2.45, 2.75) is 45.2 Å². The van der Waals surface area contributed by atoms with Gasteiger partial charge in [-0.05, 0) is 18.1 Å². The van der Waals surface area contributed by atoms with E-state index in [1.807, 2.05) is 0 Å². The molecule has 0 unspecified atom stereocenters. The van der Waals surface area contributed by atoms with Crippen LogP contribution in [0, 0.1) is 0 Å². The van der Waals surface area contributed by atoms with E-state index in [0.29, 0.717) is 6.61 Å². The van der Waals surface area contributed by atoms with E-state index in [-0.39, 0.29) is 18.3 Å². The molecule has 0 saturated heterocycles. The molecule has 0 aliphatic rings. The molecule has 17 heavy (non-hydrogen) atoms. The van der Waals surface area contributed by atoms with Crippen LogP contribution in [0.3, 0.4) is 0 Å². The molecule has 0 saturated carbocycles. The van der Waals surface area contributed by atoms with E-state index in [2.05, 4.69) is 33.9 Å². The first-order valence-electron chi connectivity index (χ1n) is 5.88. The van der Waals surface area contributed by atoms with Gasteiger partial charge in [0, 0.05) is 6.61 Å². The Morgan fingerprint density at radius 2 is 1.53 bits per heavy atom. The van der Waals surface area contributed by atoms with E-state index in [1.54, 1.807) is 0 Å². The van der Waals surface area contributed by atoms with Crippen molar-refractivity contribution in [1.82, 2.24) is 0 Å². The van der Waals surface area contributed by atoms with Gasteiger partial charge in [-0.2, -0.15) is 0 Å². The second kappa shape index (κ2) is 6.24. The van der Waals surface area contributed by atoms with Crippen molar-refractivity contribution in [3.8, 4) is 0 Å². The highest BCUT2D eigenvalue weighted by atomic mass is 28.4. The molecular weight excluding hydrogens is 248 g/mol. The largest absolute Gasteiger partial charge is 0.480 e. The number of hydrogen-bond donors (Lipinski definition) is 0. The monoisotopic (exact) mass is 271 g/mol. The molecule has 0 rings (SSSR count). The van der Waals surface area contributed by atoms with Crippen LogP contribution in [0.25, 0.3) is 0 Å². The summed E-state index contributed by atoms with van der Waals surface area (Å²) in [7, 11) is -1.80. The van der Waals surface area contributed by atoms with Crippen LogP contribution in [-0.4, -0.2) is 35.1 Å². The van der Waals surface area contributed by atoms with Gasteiger partial charge in [0.25, 0.3) is 0 Å². The third-order valence-corrected chi connectivity index (χ3v) is 7.62. The maximum Gasteiger partial charge on any atom is 0.480 e. The van der Waals surface area contributed by atoms with Crippen LogP contribution < -0.4 is 0 Å². The SMILES string of the molecule is CC(C)(C)[Si](C)(C)OCCOCC[B-](F)(F)F. The second-order valence-electron chi connectivity index (χ2n) is 5.72. The lowest BCUT2D eigenvalue weighted by Crippen LogP contribution is -2.41. The Bertz CT molecular complexity index is 227. The molecule has 0 bridgehead atoms. The summed E-state index contributed by atoms with van der Waals surface area (Å²) in [4.78, 5) is 0. The van der Waals surface area contributed by atoms with Crippen LogP contribution in [0.4, 0.5) is 12.9 Å². The van der Waals surface area contributed by atoms with E-state index in [0.717, 1.165) is 0 Å². The second-order valence-corrected chi connectivity index (χ2v) is 10.5. The first kappa shape index (κ1) is 17.0. The molecule has 0 heterocycles. The first-order chi connectivity index (χ1) is 7.46. The van der Waals surface area contributed by atoms with Crippen molar-refractivity contribution >= 4 is 15.3 Å². The lowest BCUT2D eigenvalue weighted by Gasteiger charge is -2.36. The molecule has 0 aromatic rings. The molecule has 7 heteroatoms. The summed E-state index contributed by atoms with van der Waals surface area (Å²) in [6.07, 6.45) is -0.833. The van der Waals surface area contributed by atoms with Gasteiger partial charge in [0.15, 0.2) is 8.32 Å². The van der Waals surface area contributed by atoms with Crippen molar-refractivity contribution in [2.24, 2.45) is 0 Å². The van der Waals surface area contributed by atoms with Gasteiger partial charge in [-0.25, -0.2) is 0 Å². The van der Waals surface area contributed by atoms with Crippen LogP contribution in [0.1, 0.15) is 20.8 Å². The molecular formula is C10H23BF3O2Si-. The highest BCUT2D eigenvalue weighted by molar-refractivity contribution is 6.74. The minimum absolute atomic E-state index is 0.113. The Labute approximate surface area is 103 Å². The molecule has 0 radical (unpaired) electrons. The highest BCUT2D eigenvalue weighted by Gasteiger charge is 2.36. The molecule has 0 fully saturated rings. The molecule has 0 amide bonds. The van der Waals surface area contributed by atoms with Crippen LogP contribution in [0.2, 0.25) is 24.5 Å². The van der Waals surface area contributed by atoms with Crippen molar-refractivity contribution in [2.75, 3.05) is 19.8 Å². The Balaban J connectivity index is 3.66. The number of hydrogen-bond acceptors (Lipinski definition) is 2. The van der Waals surface area contributed by atoms with E-state index in [1.165, 1.54) is 0 Å². The molecule has 104 valence electrons. The van der Waals surface area contributed by atoms with E-state index in [9.17, 15) is 12.9 Å². The summed E-state index contributed by atoms with van der Waals surface area (Å²) in [6, 6.07) is 0. The van der Waals surface area contributed by atoms with Gasteiger partial charge >= 0.3 is 6.98 Å². The Morgan fingerprint density at radius 3 is 1.94 bits per heavy atom. The number of ether oxygens (including phenoxy) is 1. The predicted molar refractivity (Wildman–Crippen MR) is 67.9 cm³/mol. The van der Waals surface area contributed by atoms with Gasteiger partial charge in [0.1, 0.15) is 0 Å². The maximum atomic E-state index is 11.9. The summed E-state index contributed by atoms with van der Waals surface area (Å²) in [5, 5.41) is 0.113. The normalized spacial score (nSPS) is 14.1. The lowest BCUT2D eigenvalue weighted by molar-refractivity contribution is 0.101. The fourth-order valence-corrected chi connectivity index (χ4v) is 1.92. The third kappa shape index (κ3) is 7.83. The molecule has 0 aromatic heterocycles. The summed E-state index contributed by atoms with van der Waals surface area (Å²) in [6.45, 7) is 6.18. The zero-order chi connectivity index (χ0) is 13.7. The average molecular weight is 271 g/mol. The highest BCUT2D eigenvalue weighted by Crippen LogP contribution is 2.36. The van der Waals surface area contributed by atoms with Crippen LogP contribution in [0.15, 0.2) is 0 Å². The average Bonchev–Trinajstić information content (AvgIpc) is 2.07. The quantitative estimate of drug-likeness (QED) is 0.517. The Kier molecular flexibility index (Phi) is 6.24. The van der Waals surface area contributed by atoms with Crippen LogP contribution >= 0.6 is 0 Å². The molecule has 2 nitrogen and oxygen atoms in total. The molecule has 0 aliphatic heterocycles. The first-order valence-corrected chi connectivity index (χ1v) is 8.79. The minimum Gasteiger partial charge on any atom is -0.449 e. The smallest absolute Gasteiger partial charge is 0.449 e. The molecule has 0 aliphatic carbocycles. The summed E-state index contributed by atoms with van der Waals surface area (Å²) >= 11 is 0. The fourth-order valence-electron chi connectivity index (χ4n) is 0.891. The van der Waals surface area contributed by atoms with Gasteiger partial charge in [-0.1, -0.05) is 27.1 Å². The van der Waals surface area contributed by atoms with E-state index in [4.69, 9.17) is 9.16 Å². The van der Waals surface area contributed by atoms with Crippen LogP contribution in [0.5, 0.6) is 0 Å². The standard InChI is InChI=1S/C10H23BF3O2Si/c1-10(2,3)17(4,5)16-9-8-15-7-6-11(12,13)14/h6-9H2,1-5H3/q-1. The number of halogens is 3. The van der Waals surface area contributed by atoms with E-state index >= 15 is 0 Å². The van der Waals surface area contributed by atoms with Gasteiger partial charge in [0.05, 0.1) is 13.2 Å². The molecule has 0 N–H and O–H groups in total. The summed E-state index contributed by atoms with van der Waals surface area (Å²) in [5.41, 5.74) is 0. The molecule has 0 spiro atoms. The molecule has 0 aromatic carbocycles. The van der Waals surface area contributed by atoms with Crippen molar-refractivity contribution in [1.29, 1.82) is 0 Å². The van der Waals surface area contributed by atoms with Gasteiger partial charge < -0.3 is 22.1 Å². The zero-order valence-electron chi connectivity index (χ0n) is 11.4. The van der Waals surface area contributed by atoms with E-state index < -0.39 is 21.6 Å². The van der Waals surface area contributed by atoms with Gasteiger partial charge in [-0.3, -0.25) is 0 Å². The minimum atomic E-state index is -4.72. The summed E-state index contributed by atoms with van der Waals surface area (Å²) < 4.78 is 46.3. The van der Waals surface area contributed by atoms with Crippen molar-refractivity contribution in [3.63, 3.8) is 0 Å².